The lowest BCUT2D eigenvalue weighted by Gasteiger charge is -2.26. The number of allylic oxidation sites excluding steroid dienone is 2. The van der Waals surface area contributed by atoms with E-state index < -0.39 is 11.8 Å². The molecule has 4 rings (SSSR count). The number of anilines is 2. The summed E-state index contributed by atoms with van der Waals surface area (Å²) < 4.78 is 0. The average Bonchev–Trinajstić information content (AvgIpc) is 3.27. The molecule has 1 saturated carbocycles. The van der Waals surface area contributed by atoms with Crippen molar-refractivity contribution in [1.82, 2.24) is 0 Å². The second-order valence-corrected chi connectivity index (χ2v) is 8.91. The Bertz CT molecular complexity index is 944. The maximum Gasteiger partial charge on any atom is 0.228 e. The van der Waals surface area contributed by atoms with Gasteiger partial charge in [0.1, 0.15) is 0 Å². The SMILES string of the molecule is O=C(Nc1ccc(Cl)cc1Cl)C1C2C=CC(C2)C1C(=O)Nc1ccc(Cl)cc1Cl. The number of hydrogen-bond donors (Lipinski definition) is 2. The van der Waals surface area contributed by atoms with Crippen LogP contribution in [0.15, 0.2) is 48.6 Å². The van der Waals surface area contributed by atoms with Gasteiger partial charge in [-0.15, -0.1) is 0 Å². The molecule has 0 radical (unpaired) electrons. The highest BCUT2D eigenvalue weighted by molar-refractivity contribution is 6.37. The Labute approximate surface area is 188 Å². The molecule has 4 nitrogen and oxygen atoms in total. The minimum Gasteiger partial charge on any atom is -0.324 e. The molecular formula is C21H16Cl4N2O2. The largest absolute Gasteiger partial charge is 0.324 e. The molecule has 150 valence electrons. The maximum atomic E-state index is 13.1. The lowest BCUT2D eigenvalue weighted by Crippen LogP contribution is -2.39. The predicted molar refractivity (Wildman–Crippen MR) is 118 cm³/mol. The van der Waals surface area contributed by atoms with Gasteiger partial charge in [0.2, 0.25) is 11.8 Å². The molecule has 0 saturated heterocycles. The minimum absolute atomic E-state index is 0.00233. The molecule has 0 spiro atoms. The monoisotopic (exact) mass is 468 g/mol. The third-order valence-corrected chi connectivity index (χ3v) is 6.54. The number of hydrogen-bond acceptors (Lipinski definition) is 2. The summed E-state index contributed by atoms with van der Waals surface area (Å²) in [6.45, 7) is 0. The molecule has 2 aliphatic carbocycles. The Hall–Kier alpha value is -1.72. The van der Waals surface area contributed by atoms with E-state index in [1.165, 1.54) is 0 Å². The van der Waals surface area contributed by atoms with Crippen LogP contribution in [0.2, 0.25) is 20.1 Å². The number of amides is 2. The van der Waals surface area contributed by atoms with Crippen LogP contribution in [0, 0.1) is 23.7 Å². The van der Waals surface area contributed by atoms with Gasteiger partial charge >= 0.3 is 0 Å². The highest BCUT2D eigenvalue weighted by atomic mass is 35.5. The Balaban J connectivity index is 1.55. The second kappa shape index (κ2) is 8.19. The van der Waals surface area contributed by atoms with Gasteiger partial charge in [-0.2, -0.15) is 0 Å². The van der Waals surface area contributed by atoms with Crippen LogP contribution >= 0.6 is 46.4 Å². The summed E-state index contributed by atoms with van der Waals surface area (Å²) >= 11 is 24.2. The first-order valence-corrected chi connectivity index (χ1v) is 10.5. The van der Waals surface area contributed by atoms with E-state index in [1.54, 1.807) is 36.4 Å². The summed E-state index contributed by atoms with van der Waals surface area (Å²) in [6, 6.07) is 9.72. The fraction of sp³-hybridized carbons (Fsp3) is 0.238. The zero-order chi connectivity index (χ0) is 20.7. The predicted octanol–water partition coefficient (Wildman–Crippen LogP) is 6.32. The van der Waals surface area contributed by atoms with Gasteiger partial charge in [0, 0.05) is 10.0 Å². The summed E-state index contributed by atoms with van der Waals surface area (Å²) in [5.74, 6) is -1.47. The molecule has 1 fully saturated rings. The Kier molecular flexibility index (Phi) is 5.80. The van der Waals surface area contributed by atoms with E-state index in [-0.39, 0.29) is 23.7 Å². The third-order valence-electron chi connectivity index (χ3n) is 5.44. The molecule has 2 bridgehead atoms. The van der Waals surface area contributed by atoms with Crippen molar-refractivity contribution in [2.75, 3.05) is 10.6 Å². The van der Waals surface area contributed by atoms with Crippen LogP contribution in [-0.4, -0.2) is 11.8 Å². The van der Waals surface area contributed by atoms with Crippen molar-refractivity contribution < 1.29 is 9.59 Å². The van der Waals surface area contributed by atoms with Gasteiger partial charge < -0.3 is 10.6 Å². The Morgan fingerprint density at radius 2 is 1.14 bits per heavy atom. The van der Waals surface area contributed by atoms with Gasteiger partial charge in [0.15, 0.2) is 0 Å². The number of rotatable bonds is 4. The van der Waals surface area contributed by atoms with Crippen LogP contribution in [0.3, 0.4) is 0 Å². The number of halogens is 4. The van der Waals surface area contributed by atoms with Crippen molar-refractivity contribution in [2.45, 2.75) is 6.42 Å². The number of benzene rings is 2. The number of carbonyl (C=O) groups excluding carboxylic acids is 2. The van der Waals surface area contributed by atoms with E-state index in [0.29, 0.717) is 31.5 Å². The van der Waals surface area contributed by atoms with Crippen molar-refractivity contribution in [2.24, 2.45) is 23.7 Å². The van der Waals surface area contributed by atoms with Gasteiger partial charge in [-0.3, -0.25) is 9.59 Å². The molecule has 2 aromatic rings. The maximum absolute atomic E-state index is 13.1. The molecule has 0 aliphatic heterocycles. The third kappa shape index (κ3) is 4.13. The van der Waals surface area contributed by atoms with E-state index in [9.17, 15) is 9.59 Å². The van der Waals surface area contributed by atoms with Crippen molar-refractivity contribution in [3.8, 4) is 0 Å². The van der Waals surface area contributed by atoms with Crippen molar-refractivity contribution in [3.63, 3.8) is 0 Å². The molecule has 4 atom stereocenters. The molecule has 4 unspecified atom stereocenters. The zero-order valence-corrected chi connectivity index (χ0v) is 18.0. The van der Waals surface area contributed by atoms with Crippen LogP contribution in [0.5, 0.6) is 0 Å². The van der Waals surface area contributed by atoms with Crippen LogP contribution in [0.1, 0.15) is 6.42 Å². The van der Waals surface area contributed by atoms with E-state index in [2.05, 4.69) is 10.6 Å². The Morgan fingerprint density at radius 1 is 0.724 bits per heavy atom. The molecule has 2 N–H and O–H groups in total. The van der Waals surface area contributed by atoms with Gasteiger partial charge in [-0.1, -0.05) is 58.6 Å². The number of fused-ring (bicyclic) bond motifs is 2. The molecule has 0 aromatic heterocycles. The van der Waals surface area contributed by atoms with Crippen LogP contribution < -0.4 is 10.6 Å². The quantitative estimate of drug-likeness (QED) is 0.515. The standard InChI is InChI=1S/C21H16Cl4N2O2/c22-12-3-5-16(14(24)8-12)26-20(28)18-10-1-2-11(7-10)19(18)21(29)27-17-6-4-13(23)9-15(17)25/h1-6,8-11,18-19H,7H2,(H,26,28)(H,27,29). The molecule has 8 heteroatoms. The van der Waals surface area contributed by atoms with E-state index in [4.69, 9.17) is 46.4 Å². The first-order valence-electron chi connectivity index (χ1n) is 9.03. The molecular weight excluding hydrogens is 454 g/mol. The van der Waals surface area contributed by atoms with E-state index in [1.807, 2.05) is 12.2 Å². The van der Waals surface area contributed by atoms with Gasteiger partial charge in [-0.05, 0) is 54.7 Å². The average molecular weight is 470 g/mol. The molecule has 0 heterocycles. The number of carbonyl (C=O) groups is 2. The van der Waals surface area contributed by atoms with E-state index in [0.717, 1.165) is 6.42 Å². The van der Waals surface area contributed by atoms with Gasteiger partial charge in [0.25, 0.3) is 0 Å². The van der Waals surface area contributed by atoms with Gasteiger partial charge in [-0.25, -0.2) is 0 Å². The highest BCUT2D eigenvalue weighted by Gasteiger charge is 2.51. The Morgan fingerprint density at radius 3 is 1.52 bits per heavy atom. The fourth-order valence-electron chi connectivity index (χ4n) is 4.15. The van der Waals surface area contributed by atoms with Crippen molar-refractivity contribution >= 4 is 69.6 Å². The molecule has 29 heavy (non-hydrogen) atoms. The lowest BCUT2D eigenvalue weighted by atomic mass is 9.81. The smallest absolute Gasteiger partial charge is 0.228 e. The van der Waals surface area contributed by atoms with E-state index >= 15 is 0 Å². The first-order chi connectivity index (χ1) is 13.8. The lowest BCUT2D eigenvalue weighted by molar-refractivity contribution is -0.129. The second-order valence-electron chi connectivity index (χ2n) is 7.23. The summed E-state index contributed by atoms with van der Waals surface area (Å²) in [7, 11) is 0. The number of nitrogens with one attached hydrogen (secondary N) is 2. The van der Waals surface area contributed by atoms with Gasteiger partial charge in [0.05, 0.1) is 33.3 Å². The fourth-order valence-corrected chi connectivity index (χ4v) is 5.06. The summed E-state index contributed by atoms with van der Waals surface area (Å²) in [5.41, 5.74) is 0.931. The van der Waals surface area contributed by atoms with Crippen LogP contribution in [0.4, 0.5) is 11.4 Å². The summed E-state index contributed by atoms with van der Waals surface area (Å²) in [5, 5.41) is 7.34. The molecule has 2 aromatic carbocycles. The highest BCUT2D eigenvalue weighted by Crippen LogP contribution is 2.49. The topological polar surface area (TPSA) is 58.2 Å². The van der Waals surface area contributed by atoms with Crippen molar-refractivity contribution in [1.29, 1.82) is 0 Å². The minimum atomic E-state index is -0.497. The summed E-state index contributed by atoms with van der Waals surface area (Å²) in [4.78, 5) is 26.1. The summed E-state index contributed by atoms with van der Waals surface area (Å²) in [6.07, 6.45) is 4.79. The van der Waals surface area contributed by atoms with Crippen LogP contribution in [-0.2, 0) is 9.59 Å². The van der Waals surface area contributed by atoms with Crippen LogP contribution in [0.25, 0.3) is 0 Å². The molecule has 2 aliphatic rings. The normalized spacial score (nSPS) is 24.6. The van der Waals surface area contributed by atoms with Crippen molar-refractivity contribution in [3.05, 3.63) is 68.6 Å². The first kappa shape index (κ1) is 20.5. The molecule has 2 amide bonds. The zero-order valence-electron chi connectivity index (χ0n) is 15.0.